The van der Waals surface area contributed by atoms with Crippen molar-refractivity contribution in [1.29, 1.82) is 0 Å². The van der Waals surface area contributed by atoms with Gasteiger partial charge in [-0.15, -0.1) is 0 Å². The highest BCUT2D eigenvalue weighted by molar-refractivity contribution is 6.30. The number of nitrogens with one attached hydrogen (secondary N) is 1. The molecule has 0 bridgehead atoms. The van der Waals surface area contributed by atoms with Gasteiger partial charge in [-0.25, -0.2) is 0 Å². The molecule has 1 N–H and O–H groups in total. The van der Waals surface area contributed by atoms with E-state index in [0.29, 0.717) is 29.4 Å². The molecule has 3 aromatic carbocycles. The fourth-order valence-corrected chi connectivity index (χ4v) is 3.34. The number of nitrogens with zero attached hydrogens (tertiary/aromatic N) is 2. The van der Waals surface area contributed by atoms with Gasteiger partial charge in [0, 0.05) is 16.8 Å². The van der Waals surface area contributed by atoms with Gasteiger partial charge < -0.3 is 14.8 Å². The number of halogens is 1. The first-order valence-corrected chi connectivity index (χ1v) is 10.4. The second-order valence-electron chi connectivity index (χ2n) is 7.17. The molecule has 0 aliphatic carbocycles. The monoisotopic (exact) mass is 447 g/mol. The molecule has 0 aliphatic heterocycles. The highest BCUT2D eigenvalue weighted by Gasteiger charge is 2.08. The standard InChI is InChI=1S/C25H22ClN3O3/c1-31-23-9-11-24(12-10-23)32-17-18-5-7-20(8-6-18)25(30)28-22-14-27-29(16-22)15-19-3-2-4-21(26)13-19/h2-14,16H,15,17H2,1H3,(H,28,30). The van der Waals surface area contributed by atoms with E-state index in [2.05, 4.69) is 10.4 Å². The van der Waals surface area contributed by atoms with E-state index in [1.165, 1.54) is 0 Å². The maximum atomic E-state index is 12.6. The fourth-order valence-electron chi connectivity index (χ4n) is 3.13. The number of rotatable bonds is 8. The minimum atomic E-state index is -0.199. The van der Waals surface area contributed by atoms with Crippen LogP contribution in [0.5, 0.6) is 11.5 Å². The van der Waals surface area contributed by atoms with Crippen LogP contribution >= 0.6 is 11.6 Å². The molecule has 4 rings (SSSR count). The zero-order valence-electron chi connectivity index (χ0n) is 17.5. The summed E-state index contributed by atoms with van der Waals surface area (Å²) in [5, 5.41) is 7.85. The number of methoxy groups -OCH3 is 1. The van der Waals surface area contributed by atoms with Crippen LogP contribution < -0.4 is 14.8 Å². The molecule has 0 atom stereocenters. The Morgan fingerprint density at radius 1 is 1.00 bits per heavy atom. The van der Waals surface area contributed by atoms with E-state index in [9.17, 15) is 4.79 Å². The molecule has 0 unspecified atom stereocenters. The van der Waals surface area contributed by atoms with Crippen molar-refractivity contribution in [3.63, 3.8) is 0 Å². The molecule has 0 aliphatic rings. The highest BCUT2D eigenvalue weighted by atomic mass is 35.5. The van der Waals surface area contributed by atoms with Crippen molar-refractivity contribution < 1.29 is 14.3 Å². The predicted octanol–water partition coefficient (Wildman–Crippen LogP) is 5.42. The number of hydrogen-bond donors (Lipinski definition) is 1. The molecular weight excluding hydrogens is 426 g/mol. The van der Waals surface area contributed by atoms with Gasteiger partial charge in [0.1, 0.15) is 18.1 Å². The zero-order chi connectivity index (χ0) is 22.3. The first-order chi connectivity index (χ1) is 15.6. The number of carbonyl (C=O) groups is 1. The maximum absolute atomic E-state index is 12.6. The molecule has 6 nitrogen and oxygen atoms in total. The number of aromatic nitrogens is 2. The second kappa shape index (κ2) is 10.0. The van der Waals surface area contributed by atoms with Crippen molar-refractivity contribution in [2.24, 2.45) is 0 Å². The van der Waals surface area contributed by atoms with Crippen LogP contribution in [0.3, 0.4) is 0 Å². The summed E-state index contributed by atoms with van der Waals surface area (Å²) < 4.78 is 12.7. The van der Waals surface area contributed by atoms with Crippen molar-refractivity contribution in [3.8, 4) is 11.5 Å². The summed E-state index contributed by atoms with van der Waals surface area (Å²) in [5.74, 6) is 1.33. The van der Waals surface area contributed by atoms with Gasteiger partial charge in [0.05, 0.1) is 25.5 Å². The van der Waals surface area contributed by atoms with Crippen molar-refractivity contribution in [1.82, 2.24) is 9.78 Å². The number of benzene rings is 3. The third-order valence-corrected chi connectivity index (χ3v) is 5.04. The van der Waals surface area contributed by atoms with Crippen LogP contribution in [0.15, 0.2) is 85.2 Å². The highest BCUT2D eigenvalue weighted by Crippen LogP contribution is 2.19. The summed E-state index contributed by atoms with van der Waals surface area (Å²) in [6, 6.07) is 22.3. The molecular formula is C25H22ClN3O3. The topological polar surface area (TPSA) is 65.4 Å². The number of ether oxygens (including phenoxy) is 2. The quantitative estimate of drug-likeness (QED) is 0.391. The van der Waals surface area contributed by atoms with Crippen molar-refractivity contribution >= 4 is 23.2 Å². The Morgan fingerprint density at radius 3 is 2.47 bits per heavy atom. The van der Waals surface area contributed by atoms with Crippen molar-refractivity contribution in [2.75, 3.05) is 12.4 Å². The normalized spacial score (nSPS) is 10.6. The van der Waals surface area contributed by atoms with Crippen molar-refractivity contribution in [2.45, 2.75) is 13.2 Å². The van der Waals surface area contributed by atoms with E-state index in [0.717, 1.165) is 22.6 Å². The molecule has 1 amide bonds. The van der Waals surface area contributed by atoms with Gasteiger partial charge in [-0.05, 0) is 59.7 Å². The van der Waals surface area contributed by atoms with E-state index in [1.54, 1.807) is 36.3 Å². The lowest BCUT2D eigenvalue weighted by atomic mass is 10.1. The van der Waals surface area contributed by atoms with Gasteiger partial charge >= 0.3 is 0 Å². The Bertz CT molecular complexity index is 1190. The molecule has 1 aromatic heterocycles. The average molecular weight is 448 g/mol. The van der Waals surface area contributed by atoms with Gasteiger partial charge in [0.15, 0.2) is 0 Å². The van der Waals surface area contributed by atoms with Gasteiger partial charge in [-0.2, -0.15) is 5.10 Å². The molecule has 1 heterocycles. The molecule has 162 valence electrons. The largest absolute Gasteiger partial charge is 0.497 e. The van der Waals surface area contributed by atoms with Crippen molar-refractivity contribution in [3.05, 3.63) is 107 Å². The molecule has 0 spiro atoms. The Hall–Kier alpha value is -3.77. The summed E-state index contributed by atoms with van der Waals surface area (Å²) in [5.41, 5.74) is 3.18. The predicted molar refractivity (Wildman–Crippen MR) is 125 cm³/mol. The lowest BCUT2D eigenvalue weighted by Gasteiger charge is -2.08. The fraction of sp³-hybridized carbons (Fsp3) is 0.120. The van der Waals surface area contributed by atoms with Crippen LogP contribution in [0.4, 0.5) is 5.69 Å². The lowest BCUT2D eigenvalue weighted by molar-refractivity contribution is 0.102. The zero-order valence-corrected chi connectivity index (χ0v) is 18.3. The molecule has 0 radical (unpaired) electrons. The molecule has 7 heteroatoms. The third-order valence-electron chi connectivity index (χ3n) is 4.81. The van der Waals surface area contributed by atoms with E-state index in [4.69, 9.17) is 21.1 Å². The molecule has 4 aromatic rings. The Balaban J connectivity index is 1.31. The minimum absolute atomic E-state index is 0.199. The van der Waals surface area contributed by atoms with Crippen LogP contribution in [0.2, 0.25) is 5.02 Å². The van der Waals surface area contributed by atoms with E-state index in [1.807, 2.05) is 60.7 Å². The van der Waals surface area contributed by atoms with Crippen LogP contribution in [0.25, 0.3) is 0 Å². The van der Waals surface area contributed by atoms with E-state index in [-0.39, 0.29) is 5.91 Å². The molecule has 32 heavy (non-hydrogen) atoms. The molecule has 0 saturated carbocycles. The molecule has 0 saturated heterocycles. The number of hydrogen-bond acceptors (Lipinski definition) is 4. The van der Waals surface area contributed by atoms with Crippen LogP contribution in [0.1, 0.15) is 21.5 Å². The van der Waals surface area contributed by atoms with Crippen LogP contribution in [-0.4, -0.2) is 22.8 Å². The number of anilines is 1. The Kier molecular flexibility index (Phi) is 6.72. The van der Waals surface area contributed by atoms with Gasteiger partial charge in [0.2, 0.25) is 0 Å². The summed E-state index contributed by atoms with van der Waals surface area (Å²) in [4.78, 5) is 12.6. The van der Waals surface area contributed by atoms with Gasteiger partial charge in [0.25, 0.3) is 5.91 Å². The van der Waals surface area contributed by atoms with Crippen LogP contribution in [0, 0.1) is 0 Å². The van der Waals surface area contributed by atoms with Crippen LogP contribution in [-0.2, 0) is 13.2 Å². The third kappa shape index (κ3) is 5.68. The van der Waals surface area contributed by atoms with Gasteiger partial charge in [-0.1, -0.05) is 35.9 Å². The Labute approximate surface area is 191 Å². The average Bonchev–Trinajstić information content (AvgIpc) is 3.25. The van der Waals surface area contributed by atoms with Gasteiger partial charge in [-0.3, -0.25) is 9.48 Å². The lowest BCUT2D eigenvalue weighted by Crippen LogP contribution is -2.11. The minimum Gasteiger partial charge on any atom is -0.497 e. The summed E-state index contributed by atoms with van der Waals surface area (Å²) in [7, 11) is 1.63. The number of amides is 1. The number of carbonyl (C=O) groups excluding carboxylic acids is 1. The maximum Gasteiger partial charge on any atom is 0.255 e. The first kappa shape index (κ1) is 21.5. The summed E-state index contributed by atoms with van der Waals surface area (Å²) in [6.07, 6.45) is 3.41. The smallest absolute Gasteiger partial charge is 0.255 e. The summed E-state index contributed by atoms with van der Waals surface area (Å²) >= 11 is 6.03. The van der Waals surface area contributed by atoms with E-state index >= 15 is 0 Å². The summed E-state index contributed by atoms with van der Waals surface area (Å²) in [6.45, 7) is 0.976. The Morgan fingerprint density at radius 2 is 1.75 bits per heavy atom. The van der Waals surface area contributed by atoms with E-state index < -0.39 is 0 Å². The SMILES string of the molecule is COc1ccc(OCc2ccc(C(=O)Nc3cnn(Cc4cccc(Cl)c4)c3)cc2)cc1. The molecule has 0 fully saturated rings. The second-order valence-corrected chi connectivity index (χ2v) is 7.61. The first-order valence-electron chi connectivity index (χ1n) is 10.0.